The van der Waals surface area contributed by atoms with Gasteiger partial charge in [0.1, 0.15) is 11.4 Å². The lowest BCUT2D eigenvalue weighted by atomic mass is 9.80. The lowest BCUT2D eigenvalue weighted by Crippen LogP contribution is -2.56. The molecule has 4 fully saturated rings. The van der Waals surface area contributed by atoms with Crippen LogP contribution in [0.4, 0.5) is 18.0 Å². The average molecular weight is 646 g/mol. The molecule has 3 aliphatic heterocycles. The van der Waals surface area contributed by atoms with Crippen LogP contribution in [-0.2, 0) is 9.53 Å². The number of aliphatic carboxylic acids is 1. The molecule has 3 saturated heterocycles. The summed E-state index contributed by atoms with van der Waals surface area (Å²) in [4.78, 5) is 41.8. The largest absolute Gasteiger partial charge is 0.495 e. The third-order valence-electron chi connectivity index (χ3n) is 9.75. The highest BCUT2D eigenvalue weighted by molar-refractivity contribution is 7.08. The maximum absolute atomic E-state index is 13.2. The Balaban J connectivity index is 0.000000566. The van der Waals surface area contributed by atoms with Crippen LogP contribution in [0.25, 0.3) is 0 Å². The van der Waals surface area contributed by atoms with E-state index in [9.17, 15) is 22.8 Å². The first kappa shape index (κ1) is 34.3. The van der Waals surface area contributed by atoms with E-state index >= 15 is 0 Å². The summed E-state index contributed by atoms with van der Waals surface area (Å²) < 4.78 is 43.4. The van der Waals surface area contributed by atoms with E-state index in [1.54, 1.807) is 7.11 Å². The molecule has 44 heavy (non-hydrogen) atoms. The van der Waals surface area contributed by atoms with Gasteiger partial charge in [-0.25, -0.2) is 9.59 Å². The Morgan fingerprint density at radius 2 is 1.70 bits per heavy atom. The Labute approximate surface area is 261 Å². The third-order valence-corrected chi connectivity index (χ3v) is 10.5. The van der Waals surface area contributed by atoms with Crippen LogP contribution in [-0.4, -0.2) is 101 Å². The van der Waals surface area contributed by atoms with Gasteiger partial charge in [0, 0.05) is 62.4 Å². The number of likely N-dealkylation sites (tertiary alicyclic amines) is 2. The molecule has 4 aliphatic rings. The number of amides is 2. The molecule has 1 unspecified atom stereocenters. The molecule has 1 aliphatic carbocycles. The van der Waals surface area contributed by atoms with Crippen molar-refractivity contribution >= 4 is 29.3 Å². The molecule has 0 bridgehead atoms. The van der Waals surface area contributed by atoms with Gasteiger partial charge in [-0.2, -0.15) is 13.2 Å². The van der Waals surface area contributed by atoms with E-state index in [4.69, 9.17) is 19.4 Å². The number of hydrogen-bond donors (Lipinski definition) is 1. The molecule has 13 heteroatoms. The van der Waals surface area contributed by atoms with Gasteiger partial charge in [-0.3, -0.25) is 9.69 Å². The number of methoxy groups -OCH3 is 1. The molecule has 248 valence electrons. The zero-order valence-electron chi connectivity index (χ0n) is 25.8. The number of piperidine rings is 2. The SMILES string of the molecule is CCCCC1N(CC2CCCCC2)C(=O)OC12CCN(C1CCN(C(=O)c3cscc3OC)CC1)CC2.O=C(O)C(F)(F)F. The van der Waals surface area contributed by atoms with E-state index in [0.717, 1.165) is 77.7 Å². The minimum absolute atomic E-state index is 0.0594. The average Bonchev–Trinajstić information content (AvgIpc) is 3.59. The smallest absolute Gasteiger partial charge is 0.490 e. The molecule has 5 rings (SSSR count). The van der Waals surface area contributed by atoms with Gasteiger partial charge in [-0.1, -0.05) is 39.0 Å². The number of halogens is 3. The number of carboxylic acid groups (broad SMARTS) is 1. The molecule has 9 nitrogen and oxygen atoms in total. The normalized spacial score (nSPS) is 23.3. The van der Waals surface area contributed by atoms with E-state index in [1.807, 2.05) is 15.7 Å². The molecule has 1 spiro atoms. The second kappa shape index (κ2) is 15.2. The van der Waals surface area contributed by atoms with Crippen LogP contribution in [0.5, 0.6) is 5.75 Å². The van der Waals surface area contributed by atoms with Gasteiger partial charge in [-0.15, -0.1) is 11.3 Å². The summed E-state index contributed by atoms with van der Waals surface area (Å²) in [7, 11) is 1.62. The van der Waals surface area contributed by atoms with Gasteiger partial charge >= 0.3 is 18.2 Å². The topological polar surface area (TPSA) is 99.6 Å². The number of carboxylic acids is 1. The number of carbonyl (C=O) groups is 3. The summed E-state index contributed by atoms with van der Waals surface area (Å²) in [6.45, 7) is 6.65. The van der Waals surface area contributed by atoms with E-state index in [0.29, 0.717) is 23.3 Å². The highest BCUT2D eigenvalue weighted by Gasteiger charge is 2.55. The zero-order valence-corrected chi connectivity index (χ0v) is 26.6. The summed E-state index contributed by atoms with van der Waals surface area (Å²) in [5.41, 5.74) is 0.369. The Morgan fingerprint density at radius 1 is 1.07 bits per heavy atom. The fourth-order valence-corrected chi connectivity index (χ4v) is 8.05. The number of alkyl halides is 3. The van der Waals surface area contributed by atoms with Gasteiger partial charge in [0.25, 0.3) is 5.91 Å². The van der Waals surface area contributed by atoms with Crippen LogP contribution < -0.4 is 4.74 Å². The van der Waals surface area contributed by atoms with Crippen molar-refractivity contribution in [2.24, 2.45) is 5.92 Å². The quantitative estimate of drug-likeness (QED) is 0.348. The highest BCUT2D eigenvalue weighted by Crippen LogP contribution is 2.43. The number of ether oxygens (including phenoxy) is 2. The van der Waals surface area contributed by atoms with Gasteiger partial charge in [-0.05, 0) is 38.0 Å². The Hall–Kier alpha value is -2.54. The number of unbranched alkanes of at least 4 members (excludes halogenated alkanes) is 1. The summed E-state index contributed by atoms with van der Waals surface area (Å²) in [6, 6.07) is 0.722. The monoisotopic (exact) mass is 645 g/mol. The predicted molar refractivity (Wildman–Crippen MR) is 160 cm³/mol. The molecule has 1 atom stereocenters. The minimum Gasteiger partial charge on any atom is -0.495 e. The molecule has 4 heterocycles. The van der Waals surface area contributed by atoms with Crippen molar-refractivity contribution in [3.8, 4) is 5.75 Å². The molecule has 0 radical (unpaired) electrons. The van der Waals surface area contributed by atoms with Gasteiger partial charge in [0.15, 0.2) is 0 Å². The second-order valence-electron chi connectivity index (χ2n) is 12.5. The van der Waals surface area contributed by atoms with Crippen LogP contribution >= 0.6 is 11.3 Å². The number of thiophene rings is 1. The van der Waals surface area contributed by atoms with Crippen LogP contribution in [0.2, 0.25) is 0 Å². The van der Waals surface area contributed by atoms with Gasteiger partial charge < -0.3 is 24.4 Å². The maximum atomic E-state index is 13.2. The maximum Gasteiger partial charge on any atom is 0.490 e. The van der Waals surface area contributed by atoms with Crippen molar-refractivity contribution < 1.29 is 42.1 Å². The highest BCUT2D eigenvalue weighted by atomic mass is 32.1. The Kier molecular flexibility index (Phi) is 11.8. The molecule has 2 amide bonds. The first-order valence-corrected chi connectivity index (χ1v) is 16.9. The standard InChI is InChI=1S/C29H45N3O4S.C2HF3O2/c1-3-4-10-26-29(36-28(34)32(26)19-22-8-6-5-7-9-22)13-17-30(18-14-29)23-11-15-31(16-12-23)27(33)24-20-37-21-25(24)35-2;3-2(4,5)1(6)7/h20-23,26H,3-19H2,1-2H3;(H,6,7). The zero-order chi connectivity index (χ0) is 31.9. The number of nitrogens with zero attached hydrogens (tertiary/aromatic N) is 3. The second-order valence-corrected chi connectivity index (χ2v) is 13.2. The van der Waals surface area contributed by atoms with Gasteiger partial charge in [0.05, 0.1) is 18.7 Å². The summed E-state index contributed by atoms with van der Waals surface area (Å²) >= 11 is 1.51. The van der Waals surface area contributed by atoms with Gasteiger partial charge in [0.2, 0.25) is 0 Å². The van der Waals surface area contributed by atoms with Crippen LogP contribution in [0.3, 0.4) is 0 Å². The van der Waals surface area contributed by atoms with E-state index < -0.39 is 12.1 Å². The number of hydrogen-bond acceptors (Lipinski definition) is 7. The fraction of sp³-hybridized carbons (Fsp3) is 0.774. The van der Waals surface area contributed by atoms with E-state index in [1.165, 1.54) is 43.4 Å². The molecule has 1 aromatic rings. The van der Waals surface area contributed by atoms with Crippen LogP contribution in [0.1, 0.15) is 94.3 Å². The summed E-state index contributed by atoms with van der Waals surface area (Å²) in [5.74, 6) is -1.35. The molecule has 1 aromatic heterocycles. The first-order chi connectivity index (χ1) is 21.0. The summed E-state index contributed by atoms with van der Waals surface area (Å²) in [5, 5.41) is 10.9. The lowest BCUT2D eigenvalue weighted by Gasteiger charge is -2.46. The van der Waals surface area contributed by atoms with Crippen molar-refractivity contribution in [2.45, 2.75) is 108 Å². The lowest BCUT2D eigenvalue weighted by molar-refractivity contribution is -0.192. The van der Waals surface area contributed by atoms with Crippen LogP contribution in [0, 0.1) is 5.92 Å². The molecular formula is C31H46F3N3O6S. The number of rotatable bonds is 8. The fourth-order valence-electron chi connectivity index (χ4n) is 7.28. The van der Waals surface area contributed by atoms with E-state index in [2.05, 4.69) is 16.7 Å². The van der Waals surface area contributed by atoms with Crippen molar-refractivity contribution in [3.05, 3.63) is 16.3 Å². The Bertz CT molecular complexity index is 1110. The molecule has 1 saturated carbocycles. The predicted octanol–water partition coefficient (Wildman–Crippen LogP) is 6.42. The minimum atomic E-state index is -5.08. The third kappa shape index (κ3) is 8.18. The molecule has 1 N–H and O–H groups in total. The van der Waals surface area contributed by atoms with Crippen molar-refractivity contribution in [3.63, 3.8) is 0 Å². The molecule has 0 aromatic carbocycles. The van der Waals surface area contributed by atoms with Crippen molar-refractivity contribution in [1.29, 1.82) is 0 Å². The number of carbonyl (C=O) groups excluding carboxylic acids is 2. The van der Waals surface area contributed by atoms with Crippen molar-refractivity contribution in [2.75, 3.05) is 39.8 Å². The first-order valence-electron chi connectivity index (χ1n) is 15.9. The van der Waals surface area contributed by atoms with E-state index in [-0.39, 0.29) is 23.6 Å². The van der Waals surface area contributed by atoms with Crippen molar-refractivity contribution in [1.82, 2.24) is 14.7 Å². The Morgan fingerprint density at radius 3 is 2.27 bits per heavy atom. The molecular weight excluding hydrogens is 599 g/mol. The van der Waals surface area contributed by atoms with Crippen LogP contribution in [0.15, 0.2) is 10.8 Å². The summed E-state index contributed by atoms with van der Waals surface area (Å²) in [6.07, 6.45) is 8.53.